The van der Waals surface area contributed by atoms with Gasteiger partial charge >= 0.3 is 0 Å². The zero-order chi connectivity index (χ0) is 14.7. The Kier molecular flexibility index (Phi) is 5.25. The fourth-order valence-corrected chi connectivity index (χ4v) is 3.01. The highest BCUT2D eigenvalue weighted by molar-refractivity contribution is 7.99. The molecular weight excluding hydrogens is 284 g/mol. The fraction of sp³-hybridized carbons (Fsp3) is 0.538. The Hall–Kier alpha value is -0.830. The van der Waals surface area contributed by atoms with E-state index in [4.69, 9.17) is 14.6 Å². The van der Waals surface area contributed by atoms with Crippen molar-refractivity contribution in [1.29, 1.82) is 0 Å². The molecule has 2 rings (SSSR count). The van der Waals surface area contributed by atoms with Gasteiger partial charge < -0.3 is 29.9 Å². The zero-order valence-corrected chi connectivity index (χ0v) is 11.7. The number of methoxy groups -OCH3 is 1. The minimum atomic E-state index is -1.35. The maximum atomic E-state index is 9.92. The second-order valence-electron chi connectivity index (χ2n) is 4.49. The quantitative estimate of drug-likeness (QED) is 0.600. The van der Waals surface area contributed by atoms with Gasteiger partial charge in [0.1, 0.15) is 35.6 Å². The van der Waals surface area contributed by atoms with Gasteiger partial charge in [-0.2, -0.15) is 0 Å². The Morgan fingerprint density at radius 2 is 1.75 bits per heavy atom. The lowest BCUT2D eigenvalue weighted by Crippen LogP contribution is -2.57. The van der Waals surface area contributed by atoms with Crippen molar-refractivity contribution in [3.8, 4) is 5.75 Å². The van der Waals surface area contributed by atoms with Crippen molar-refractivity contribution < 1.29 is 29.9 Å². The molecule has 1 aromatic rings. The molecule has 6 nitrogen and oxygen atoms in total. The average Bonchev–Trinajstić information content (AvgIpc) is 2.48. The molecule has 0 spiro atoms. The lowest BCUT2D eigenvalue weighted by atomic mass is 10.0. The van der Waals surface area contributed by atoms with E-state index in [1.807, 2.05) is 0 Å². The summed E-state index contributed by atoms with van der Waals surface area (Å²) in [5.41, 5.74) is -0.765. The van der Waals surface area contributed by atoms with Crippen LogP contribution in [0.4, 0.5) is 0 Å². The summed E-state index contributed by atoms with van der Waals surface area (Å²) in [4.78, 5) is 0.815. The molecule has 5 atom stereocenters. The Labute approximate surface area is 121 Å². The van der Waals surface area contributed by atoms with Crippen molar-refractivity contribution in [2.24, 2.45) is 0 Å². The molecule has 7 heteroatoms. The first kappa shape index (κ1) is 15.6. The first-order chi connectivity index (χ1) is 9.56. The van der Waals surface area contributed by atoms with Crippen LogP contribution in [0.25, 0.3) is 0 Å². The molecular formula is C13H18O6S. The number of aliphatic hydroxyl groups is 4. The molecule has 112 valence electrons. The minimum absolute atomic E-state index is 0.426. The van der Waals surface area contributed by atoms with Crippen molar-refractivity contribution in [3.63, 3.8) is 0 Å². The summed E-state index contributed by atoms with van der Waals surface area (Å²) >= 11 is 1.21. The summed E-state index contributed by atoms with van der Waals surface area (Å²) in [5.74, 6) is 0.711. The number of rotatable bonds is 4. The summed E-state index contributed by atoms with van der Waals surface area (Å²) in [6, 6.07) is 7.13. The van der Waals surface area contributed by atoms with Gasteiger partial charge in [0.15, 0.2) is 0 Å². The Morgan fingerprint density at radius 3 is 2.30 bits per heavy atom. The summed E-state index contributed by atoms with van der Waals surface area (Å²) in [5, 5.41) is 38.4. The molecule has 0 radical (unpaired) electrons. The molecule has 4 N–H and O–H groups in total. The molecule has 0 saturated carbocycles. The van der Waals surface area contributed by atoms with Crippen LogP contribution in [-0.4, -0.2) is 64.0 Å². The van der Waals surface area contributed by atoms with Crippen molar-refractivity contribution >= 4 is 11.8 Å². The summed E-state index contributed by atoms with van der Waals surface area (Å²) < 4.78 is 10.5. The van der Waals surface area contributed by atoms with E-state index >= 15 is 0 Å². The van der Waals surface area contributed by atoms with Crippen LogP contribution >= 0.6 is 11.8 Å². The van der Waals surface area contributed by atoms with Gasteiger partial charge in [0.05, 0.1) is 13.7 Å². The molecule has 0 aliphatic carbocycles. The van der Waals surface area contributed by atoms with Gasteiger partial charge in [0, 0.05) is 4.90 Å². The van der Waals surface area contributed by atoms with Crippen molar-refractivity contribution in [1.82, 2.24) is 0 Å². The van der Waals surface area contributed by atoms with Crippen LogP contribution in [0.1, 0.15) is 0 Å². The highest BCUT2D eigenvalue weighted by atomic mass is 32.2. The topological polar surface area (TPSA) is 99.4 Å². The average molecular weight is 302 g/mol. The molecule has 0 aromatic heterocycles. The predicted octanol–water partition coefficient (Wildman–Crippen LogP) is -0.413. The molecule has 1 fully saturated rings. The standard InChI is InChI=1S/C13H18O6S/c1-18-7-2-4-8(5-3-7)20-13-12(17)11(16)10(15)9(6-14)19-13/h2-5,9-17H,6H2,1H3/t9-,10-,11+,12+,13+/m1/s1. The highest BCUT2D eigenvalue weighted by Gasteiger charge is 2.43. The van der Waals surface area contributed by atoms with Crippen LogP contribution in [0.3, 0.4) is 0 Å². The van der Waals surface area contributed by atoms with E-state index < -0.39 is 36.5 Å². The monoisotopic (exact) mass is 302 g/mol. The molecule has 1 aliphatic heterocycles. The van der Waals surface area contributed by atoms with Crippen LogP contribution in [0, 0.1) is 0 Å². The van der Waals surface area contributed by atoms with Gasteiger partial charge in [0.2, 0.25) is 0 Å². The second-order valence-corrected chi connectivity index (χ2v) is 5.66. The second kappa shape index (κ2) is 6.75. The summed E-state index contributed by atoms with van der Waals surface area (Å²) in [6.45, 7) is -0.426. The van der Waals surface area contributed by atoms with E-state index in [-0.39, 0.29) is 0 Å². The predicted molar refractivity (Wildman–Crippen MR) is 72.6 cm³/mol. The largest absolute Gasteiger partial charge is 0.497 e. The zero-order valence-electron chi connectivity index (χ0n) is 10.9. The van der Waals surface area contributed by atoms with Crippen molar-refractivity contribution in [2.45, 2.75) is 34.7 Å². The first-order valence-corrected chi connectivity index (χ1v) is 7.06. The first-order valence-electron chi connectivity index (χ1n) is 6.18. The number of hydrogen-bond donors (Lipinski definition) is 4. The Morgan fingerprint density at radius 1 is 1.10 bits per heavy atom. The van der Waals surface area contributed by atoms with Gasteiger partial charge in [-0.3, -0.25) is 0 Å². The van der Waals surface area contributed by atoms with Crippen LogP contribution in [-0.2, 0) is 4.74 Å². The van der Waals surface area contributed by atoms with Gasteiger partial charge in [-0.1, -0.05) is 11.8 Å². The third-order valence-corrected chi connectivity index (χ3v) is 4.33. The van der Waals surface area contributed by atoms with Crippen LogP contribution in [0.5, 0.6) is 5.75 Å². The SMILES string of the molecule is COc1ccc(S[C@@H]2O[C@H](CO)[C@@H](O)[C@H](O)[C@@H]2O)cc1. The van der Waals surface area contributed by atoms with E-state index in [0.717, 1.165) is 4.90 Å². The minimum Gasteiger partial charge on any atom is -0.497 e. The molecule has 20 heavy (non-hydrogen) atoms. The highest BCUT2D eigenvalue weighted by Crippen LogP contribution is 2.33. The fourth-order valence-electron chi connectivity index (χ4n) is 1.95. The van der Waals surface area contributed by atoms with Gasteiger partial charge in [-0.15, -0.1) is 0 Å². The van der Waals surface area contributed by atoms with E-state index in [9.17, 15) is 15.3 Å². The Bertz CT molecular complexity index is 423. The molecule has 1 saturated heterocycles. The van der Waals surface area contributed by atoms with Crippen molar-refractivity contribution in [3.05, 3.63) is 24.3 Å². The molecule has 1 aliphatic rings. The number of ether oxygens (including phenoxy) is 2. The van der Waals surface area contributed by atoms with E-state index in [1.54, 1.807) is 31.4 Å². The Balaban J connectivity index is 2.06. The number of aliphatic hydroxyl groups excluding tert-OH is 4. The molecule has 0 bridgehead atoms. The van der Waals surface area contributed by atoms with Gasteiger partial charge in [-0.25, -0.2) is 0 Å². The van der Waals surface area contributed by atoms with Crippen LogP contribution < -0.4 is 4.74 Å². The molecule has 1 aromatic carbocycles. The normalized spacial score (nSPS) is 34.0. The van der Waals surface area contributed by atoms with E-state index in [0.29, 0.717) is 5.75 Å². The number of benzene rings is 1. The molecule has 1 heterocycles. The smallest absolute Gasteiger partial charge is 0.136 e. The molecule has 0 unspecified atom stereocenters. The molecule has 0 amide bonds. The summed E-state index contributed by atoms with van der Waals surface area (Å²) in [6.07, 6.45) is -4.80. The van der Waals surface area contributed by atoms with Gasteiger partial charge in [0.25, 0.3) is 0 Å². The van der Waals surface area contributed by atoms with Gasteiger partial charge in [-0.05, 0) is 24.3 Å². The van der Waals surface area contributed by atoms with E-state index in [2.05, 4.69) is 0 Å². The lowest BCUT2D eigenvalue weighted by Gasteiger charge is -2.39. The van der Waals surface area contributed by atoms with Crippen molar-refractivity contribution in [2.75, 3.05) is 13.7 Å². The van der Waals surface area contributed by atoms with Crippen LogP contribution in [0.2, 0.25) is 0 Å². The summed E-state index contributed by atoms with van der Waals surface area (Å²) in [7, 11) is 1.57. The van der Waals surface area contributed by atoms with E-state index in [1.165, 1.54) is 11.8 Å². The maximum Gasteiger partial charge on any atom is 0.136 e. The number of thioether (sulfide) groups is 1. The third kappa shape index (κ3) is 3.25. The number of hydrogen-bond acceptors (Lipinski definition) is 7. The third-order valence-electron chi connectivity index (χ3n) is 3.16. The maximum absolute atomic E-state index is 9.92. The van der Waals surface area contributed by atoms with Crippen LogP contribution in [0.15, 0.2) is 29.2 Å². The lowest BCUT2D eigenvalue weighted by molar-refractivity contribution is -0.205.